The lowest BCUT2D eigenvalue weighted by atomic mass is 9.98. The molecule has 0 unspecified atom stereocenters. The molecular weight excluding hydrogens is 757 g/mol. The third-order valence-corrected chi connectivity index (χ3v) is 12.8. The summed E-state index contributed by atoms with van der Waals surface area (Å²) < 4.78 is 0. The van der Waals surface area contributed by atoms with Gasteiger partial charge in [0.1, 0.15) is 0 Å². The number of aryl methyl sites for hydroxylation is 5. The highest BCUT2D eigenvalue weighted by Gasteiger charge is 2.16. The van der Waals surface area contributed by atoms with Crippen LogP contribution in [0.4, 0.5) is 34.1 Å². The van der Waals surface area contributed by atoms with Gasteiger partial charge in [-0.25, -0.2) is 0 Å². The van der Waals surface area contributed by atoms with E-state index < -0.39 is 0 Å². The Hall–Kier alpha value is -6.16. The van der Waals surface area contributed by atoms with Crippen LogP contribution in [0.3, 0.4) is 0 Å². The highest BCUT2D eigenvalue weighted by Crippen LogP contribution is 2.40. The van der Waals surface area contributed by atoms with E-state index in [1.165, 1.54) is 85.5 Å². The Morgan fingerprint density at radius 2 is 0.738 bits per heavy atom. The summed E-state index contributed by atoms with van der Waals surface area (Å²) in [6.45, 7) is 11.1. The molecule has 0 aliphatic rings. The second-order valence-electron chi connectivity index (χ2n) is 16.4. The van der Waals surface area contributed by atoms with Gasteiger partial charge in [0.25, 0.3) is 0 Å². The molecule has 0 aliphatic carbocycles. The maximum atomic E-state index is 2.38. The van der Waals surface area contributed by atoms with Crippen molar-refractivity contribution in [3.63, 3.8) is 0 Å². The van der Waals surface area contributed by atoms with Gasteiger partial charge in [0.2, 0.25) is 0 Å². The van der Waals surface area contributed by atoms with Crippen molar-refractivity contribution in [1.29, 1.82) is 0 Å². The van der Waals surface area contributed by atoms with Crippen LogP contribution in [0.25, 0.3) is 32.7 Å². The van der Waals surface area contributed by atoms with Crippen molar-refractivity contribution in [2.45, 2.75) is 79.6 Å². The van der Waals surface area contributed by atoms with Crippen molar-refractivity contribution in [2.24, 2.45) is 0 Å². The predicted molar refractivity (Wildman–Crippen MR) is 266 cm³/mol. The summed E-state index contributed by atoms with van der Waals surface area (Å²) in [4.78, 5) is 7.39. The Morgan fingerprint density at radius 3 is 1.10 bits per heavy atom. The van der Waals surface area contributed by atoms with Crippen molar-refractivity contribution in [3.05, 3.63) is 203 Å². The molecule has 61 heavy (non-hydrogen) atoms. The van der Waals surface area contributed by atoms with Gasteiger partial charge in [0.15, 0.2) is 0 Å². The highest BCUT2D eigenvalue weighted by molar-refractivity contribution is 7.15. The van der Waals surface area contributed by atoms with Gasteiger partial charge in [-0.1, -0.05) is 130 Å². The number of hydrogen-bond acceptors (Lipinski definition) is 3. The third-order valence-electron chi connectivity index (χ3n) is 11.8. The first-order valence-corrected chi connectivity index (χ1v) is 23.1. The monoisotopic (exact) mass is 814 g/mol. The first kappa shape index (κ1) is 41.6. The largest absolute Gasteiger partial charge is 0.311 e. The SMILES string of the molecule is CCCCc1ccc(N(c2ccc(-c3ccc(N(c4ccc(CCCC)cc4)c4ccc(-c5ccc(C)s5)cc4)cc3)cc2)c2ccc(-c3cc(C)cc(CC)c3)cc2)cc1. The quantitative estimate of drug-likeness (QED) is 0.0959. The van der Waals surface area contributed by atoms with Crippen molar-refractivity contribution < 1.29 is 0 Å². The van der Waals surface area contributed by atoms with Crippen molar-refractivity contribution in [1.82, 2.24) is 0 Å². The van der Waals surface area contributed by atoms with Crippen LogP contribution in [0.5, 0.6) is 0 Å². The lowest BCUT2D eigenvalue weighted by Crippen LogP contribution is -2.10. The molecule has 0 aliphatic heterocycles. The van der Waals surface area contributed by atoms with E-state index in [0.717, 1.165) is 53.4 Å². The van der Waals surface area contributed by atoms with Gasteiger partial charge in [-0.05, 0) is 175 Å². The molecule has 2 nitrogen and oxygen atoms in total. The van der Waals surface area contributed by atoms with Crippen molar-refractivity contribution in [3.8, 4) is 32.7 Å². The molecule has 0 saturated heterocycles. The molecule has 8 rings (SSSR count). The van der Waals surface area contributed by atoms with E-state index in [1.54, 1.807) is 0 Å². The first-order valence-electron chi connectivity index (χ1n) is 22.3. The molecule has 1 aromatic heterocycles. The molecule has 0 amide bonds. The standard InChI is InChI=1S/C58H58N2S/c1-6-9-11-45-14-26-52(27-15-45)59(56-34-22-49(23-35-56)51-40-42(4)39-44(8-3)41-51)54-30-18-47(19-31-54)48-20-32-55(33-21-48)60(53-28-16-46(17-29-53)12-10-7-2)57-36-24-50(25-37-57)58-38-13-43(5)61-58/h13-41H,6-12H2,1-5H3. The summed E-state index contributed by atoms with van der Waals surface area (Å²) in [7, 11) is 0. The Kier molecular flexibility index (Phi) is 13.3. The number of unbranched alkanes of at least 4 members (excludes halogenated alkanes) is 2. The summed E-state index contributed by atoms with van der Waals surface area (Å²) in [5.41, 5.74) is 18.5. The van der Waals surface area contributed by atoms with Crippen LogP contribution in [0.15, 0.2) is 176 Å². The second-order valence-corrected chi connectivity index (χ2v) is 17.7. The first-order chi connectivity index (χ1) is 29.9. The van der Waals surface area contributed by atoms with Gasteiger partial charge < -0.3 is 9.80 Å². The second kappa shape index (κ2) is 19.5. The van der Waals surface area contributed by atoms with E-state index in [9.17, 15) is 0 Å². The molecule has 7 aromatic carbocycles. The summed E-state index contributed by atoms with van der Waals surface area (Å²) in [5, 5.41) is 0. The summed E-state index contributed by atoms with van der Waals surface area (Å²) in [6, 6.07) is 65.8. The number of hydrogen-bond donors (Lipinski definition) is 0. The molecule has 0 bridgehead atoms. The third kappa shape index (κ3) is 9.91. The van der Waals surface area contributed by atoms with Crippen LogP contribution >= 0.6 is 11.3 Å². The minimum absolute atomic E-state index is 1.03. The number of nitrogens with zero attached hydrogens (tertiary/aromatic N) is 2. The Morgan fingerprint density at radius 1 is 0.361 bits per heavy atom. The van der Waals surface area contributed by atoms with E-state index in [2.05, 4.69) is 220 Å². The van der Waals surface area contributed by atoms with Gasteiger partial charge in [0.05, 0.1) is 0 Å². The van der Waals surface area contributed by atoms with Crippen LogP contribution in [0.2, 0.25) is 0 Å². The van der Waals surface area contributed by atoms with E-state index in [0.29, 0.717) is 0 Å². The zero-order valence-corrected chi connectivity index (χ0v) is 37.3. The van der Waals surface area contributed by atoms with Crippen LogP contribution in [0, 0.1) is 13.8 Å². The number of benzene rings is 7. The van der Waals surface area contributed by atoms with Gasteiger partial charge >= 0.3 is 0 Å². The minimum Gasteiger partial charge on any atom is -0.311 e. The Bertz CT molecular complexity index is 2620. The maximum Gasteiger partial charge on any atom is 0.0462 e. The number of anilines is 6. The van der Waals surface area contributed by atoms with E-state index in [4.69, 9.17) is 0 Å². The zero-order valence-electron chi connectivity index (χ0n) is 36.5. The minimum atomic E-state index is 1.03. The number of rotatable bonds is 16. The molecule has 0 spiro atoms. The average Bonchev–Trinajstić information content (AvgIpc) is 3.75. The lowest BCUT2D eigenvalue weighted by molar-refractivity contribution is 0.795. The molecule has 306 valence electrons. The van der Waals surface area contributed by atoms with Gasteiger partial charge in [0, 0.05) is 43.9 Å². The van der Waals surface area contributed by atoms with Gasteiger partial charge in [-0.3, -0.25) is 0 Å². The van der Waals surface area contributed by atoms with E-state index >= 15 is 0 Å². The molecule has 3 heteroatoms. The van der Waals surface area contributed by atoms with Crippen LogP contribution in [-0.2, 0) is 19.3 Å². The molecule has 1 heterocycles. The molecular formula is C58H58N2S. The summed E-state index contributed by atoms with van der Waals surface area (Å²) in [6.07, 6.45) is 8.08. The van der Waals surface area contributed by atoms with Gasteiger partial charge in [-0.2, -0.15) is 0 Å². The number of thiophene rings is 1. The highest BCUT2D eigenvalue weighted by atomic mass is 32.1. The molecule has 0 saturated carbocycles. The normalized spacial score (nSPS) is 11.2. The average molecular weight is 815 g/mol. The van der Waals surface area contributed by atoms with Crippen LogP contribution < -0.4 is 9.80 Å². The Labute approximate surface area is 368 Å². The molecule has 0 radical (unpaired) electrons. The topological polar surface area (TPSA) is 6.48 Å². The van der Waals surface area contributed by atoms with Crippen LogP contribution in [0.1, 0.15) is 73.6 Å². The zero-order chi connectivity index (χ0) is 42.1. The molecule has 0 N–H and O–H groups in total. The summed E-state index contributed by atoms with van der Waals surface area (Å²) in [5.74, 6) is 0. The molecule has 8 aromatic rings. The molecule has 0 atom stereocenters. The summed E-state index contributed by atoms with van der Waals surface area (Å²) >= 11 is 1.84. The molecule has 0 fully saturated rings. The van der Waals surface area contributed by atoms with E-state index in [1.807, 2.05) is 11.3 Å². The van der Waals surface area contributed by atoms with Crippen LogP contribution in [-0.4, -0.2) is 0 Å². The fourth-order valence-corrected chi connectivity index (χ4v) is 9.16. The smallest absolute Gasteiger partial charge is 0.0462 e. The van der Waals surface area contributed by atoms with Crippen molar-refractivity contribution >= 4 is 45.5 Å². The predicted octanol–water partition coefficient (Wildman–Crippen LogP) is 17.6. The maximum absolute atomic E-state index is 2.38. The van der Waals surface area contributed by atoms with Gasteiger partial charge in [-0.15, -0.1) is 11.3 Å². The van der Waals surface area contributed by atoms with Crippen molar-refractivity contribution in [2.75, 3.05) is 9.80 Å². The Balaban J connectivity index is 1.09. The fraction of sp³-hybridized carbons (Fsp3) is 0.207. The fourth-order valence-electron chi connectivity index (χ4n) is 8.29. The lowest BCUT2D eigenvalue weighted by Gasteiger charge is -2.27. The van der Waals surface area contributed by atoms with E-state index in [-0.39, 0.29) is 0 Å².